The molecule has 1 N–H and O–H groups in total. The molecule has 0 bridgehead atoms. The van der Waals surface area contributed by atoms with Gasteiger partial charge >= 0.3 is 6.09 Å². The van der Waals surface area contributed by atoms with E-state index in [-0.39, 0.29) is 41.6 Å². The fourth-order valence-electron chi connectivity index (χ4n) is 2.80. The van der Waals surface area contributed by atoms with Crippen LogP contribution in [0.25, 0.3) is 0 Å². The van der Waals surface area contributed by atoms with Crippen LogP contribution in [0.5, 0.6) is 5.88 Å². The van der Waals surface area contributed by atoms with E-state index in [4.69, 9.17) is 21.4 Å². The monoisotopic (exact) mass is 398 g/mol. The summed E-state index contributed by atoms with van der Waals surface area (Å²) in [7, 11) is 0. The molecule has 1 saturated heterocycles. The van der Waals surface area contributed by atoms with Gasteiger partial charge in [-0.05, 0) is 19.1 Å². The number of anilines is 1. The highest BCUT2D eigenvalue weighted by molar-refractivity contribution is 6.30. The van der Waals surface area contributed by atoms with Crippen LogP contribution < -0.4 is 9.64 Å². The average molecular weight is 399 g/mol. The van der Waals surface area contributed by atoms with Gasteiger partial charge < -0.3 is 19.6 Å². The van der Waals surface area contributed by atoms with Crippen LogP contribution in [0, 0.1) is 11.6 Å². The normalized spacial score (nSPS) is 17.1. The Kier molecular flexibility index (Phi) is 5.59. The van der Waals surface area contributed by atoms with Crippen molar-refractivity contribution in [2.75, 3.05) is 24.5 Å². The van der Waals surface area contributed by atoms with Gasteiger partial charge in [-0.15, -0.1) is 0 Å². The second-order valence-corrected chi connectivity index (χ2v) is 6.55. The van der Waals surface area contributed by atoms with E-state index in [9.17, 15) is 13.6 Å². The second-order valence-electron chi connectivity index (χ2n) is 6.12. The van der Waals surface area contributed by atoms with Crippen LogP contribution in [0.4, 0.5) is 19.5 Å². The smallest absolute Gasteiger partial charge is 0.407 e. The third kappa shape index (κ3) is 4.36. The van der Waals surface area contributed by atoms with Crippen LogP contribution in [0.1, 0.15) is 12.5 Å². The first-order valence-corrected chi connectivity index (χ1v) is 8.56. The largest absolute Gasteiger partial charge is 0.470 e. The van der Waals surface area contributed by atoms with E-state index in [0.29, 0.717) is 13.1 Å². The minimum absolute atomic E-state index is 0.211. The summed E-state index contributed by atoms with van der Waals surface area (Å²) in [6.07, 6.45) is -0.0133. The first-order chi connectivity index (χ1) is 12.8. The van der Waals surface area contributed by atoms with Crippen LogP contribution >= 0.6 is 11.6 Å². The molecule has 144 valence electrons. The number of carboxylic acid groups (broad SMARTS) is 1. The van der Waals surface area contributed by atoms with E-state index in [1.54, 1.807) is 11.8 Å². The summed E-state index contributed by atoms with van der Waals surface area (Å²) in [5.41, 5.74) is 0.211. The zero-order valence-electron chi connectivity index (χ0n) is 14.4. The van der Waals surface area contributed by atoms with Crippen molar-refractivity contribution in [3.8, 4) is 5.88 Å². The van der Waals surface area contributed by atoms with Crippen LogP contribution in [0.3, 0.4) is 0 Å². The SMILES string of the molecule is CC1CN(c2ncc(F)c(OCc3ccc(Cl)cc3F)n2)CCN1C(=O)O. The van der Waals surface area contributed by atoms with Crippen molar-refractivity contribution in [3.63, 3.8) is 0 Å². The predicted octanol–water partition coefficient (Wildman–Crippen LogP) is 3.18. The Balaban J connectivity index is 1.72. The Labute approximate surface area is 159 Å². The highest BCUT2D eigenvalue weighted by Crippen LogP contribution is 2.22. The number of amides is 1. The molecule has 1 aromatic carbocycles. The predicted molar refractivity (Wildman–Crippen MR) is 94.1 cm³/mol. The summed E-state index contributed by atoms with van der Waals surface area (Å²) in [6, 6.07) is 3.84. The Bertz CT molecular complexity index is 855. The lowest BCUT2D eigenvalue weighted by atomic mass is 10.2. The maximum Gasteiger partial charge on any atom is 0.407 e. The first-order valence-electron chi connectivity index (χ1n) is 8.19. The summed E-state index contributed by atoms with van der Waals surface area (Å²) in [6.45, 7) is 2.56. The number of nitrogens with zero attached hydrogens (tertiary/aromatic N) is 4. The molecule has 1 aliphatic rings. The fourth-order valence-corrected chi connectivity index (χ4v) is 2.96. The summed E-state index contributed by atoms with van der Waals surface area (Å²) in [5.74, 6) is -1.41. The molecular weight excluding hydrogens is 382 g/mol. The molecule has 1 fully saturated rings. The van der Waals surface area contributed by atoms with Gasteiger partial charge in [0.15, 0.2) is 0 Å². The van der Waals surface area contributed by atoms with Crippen molar-refractivity contribution in [2.24, 2.45) is 0 Å². The highest BCUT2D eigenvalue weighted by atomic mass is 35.5. The lowest BCUT2D eigenvalue weighted by Crippen LogP contribution is -2.54. The summed E-state index contributed by atoms with van der Waals surface area (Å²) >= 11 is 5.70. The molecule has 1 aliphatic heterocycles. The molecule has 2 aromatic rings. The molecule has 27 heavy (non-hydrogen) atoms. The third-order valence-electron chi connectivity index (χ3n) is 4.23. The highest BCUT2D eigenvalue weighted by Gasteiger charge is 2.28. The number of ether oxygens (including phenoxy) is 1. The summed E-state index contributed by atoms with van der Waals surface area (Å²) in [4.78, 5) is 22.2. The summed E-state index contributed by atoms with van der Waals surface area (Å²) in [5, 5.41) is 9.38. The van der Waals surface area contributed by atoms with E-state index < -0.39 is 17.7 Å². The Morgan fingerprint density at radius 2 is 2.15 bits per heavy atom. The van der Waals surface area contributed by atoms with Gasteiger partial charge in [0.2, 0.25) is 11.8 Å². The van der Waals surface area contributed by atoms with Gasteiger partial charge in [-0.1, -0.05) is 17.7 Å². The topological polar surface area (TPSA) is 78.8 Å². The molecule has 0 aliphatic carbocycles. The van der Waals surface area contributed by atoms with E-state index in [2.05, 4.69) is 9.97 Å². The zero-order valence-corrected chi connectivity index (χ0v) is 15.2. The lowest BCUT2D eigenvalue weighted by molar-refractivity contribution is 0.122. The van der Waals surface area contributed by atoms with Gasteiger partial charge in [0.05, 0.1) is 6.20 Å². The molecule has 3 rings (SSSR count). The van der Waals surface area contributed by atoms with Crippen molar-refractivity contribution in [2.45, 2.75) is 19.6 Å². The third-order valence-corrected chi connectivity index (χ3v) is 4.47. The van der Waals surface area contributed by atoms with Crippen molar-refractivity contribution >= 4 is 23.6 Å². The molecule has 2 heterocycles. The average Bonchev–Trinajstić information content (AvgIpc) is 2.62. The fraction of sp³-hybridized carbons (Fsp3) is 0.353. The van der Waals surface area contributed by atoms with Gasteiger partial charge in [-0.3, -0.25) is 0 Å². The Morgan fingerprint density at radius 1 is 1.37 bits per heavy atom. The van der Waals surface area contributed by atoms with Gasteiger partial charge in [0, 0.05) is 36.3 Å². The lowest BCUT2D eigenvalue weighted by Gasteiger charge is -2.38. The standard InChI is InChI=1S/C17H17ClF2N4O3/c1-10-8-23(4-5-24(10)17(25)26)16-21-7-14(20)15(22-16)27-9-11-2-3-12(18)6-13(11)19/h2-3,6-7,10H,4-5,8-9H2,1H3,(H,25,26). The van der Waals surface area contributed by atoms with Crippen LogP contribution in [0.15, 0.2) is 24.4 Å². The molecule has 1 amide bonds. The molecule has 0 radical (unpaired) electrons. The molecule has 0 saturated carbocycles. The number of hydrogen-bond acceptors (Lipinski definition) is 5. The number of rotatable bonds is 4. The zero-order chi connectivity index (χ0) is 19.6. The first kappa shape index (κ1) is 19.1. The molecule has 1 unspecified atom stereocenters. The number of carbonyl (C=O) groups is 1. The number of hydrogen-bond donors (Lipinski definition) is 1. The quantitative estimate of drug-likeness (QED) is 0.852. The number of halogens is 3. The van der Waals surface area contributed by atoms with E-state index in [1.165, 1.54) is 17.0 Å². The number of benzene rings is 1. The van der Waals surface area contributed by atoms with Crippen LogP contribution in [0.2, 0.25) is 5.02 Å². The van der Waals surface area contributed by atoms with Crippen molar-refractivity contribution in [1.29, 1.82) is 0 Å². The van der Waals surface area contributed by atoms with E-state index >= 15 is 0 Å². The van der Waals surface area contributed by atoms with Crippen molar-refractivity contribution in [1.82, 2.24) is 14.9 Å². The van der Waals surface area contributed by atoms with E-state index in [1.807, 2.05) is 0 Å². The molecular formula is C17H17ClF2N4O3. The molecule has 1 atom stereocenters. The Morgan fingerprint density at radius 3 is 2.81 bits per heavy atom. The number of piperazine rings is 1. The van der Waals surface area contributed by atoms with Gasteiger partial charge in [-0.25, -0.2) is 14.2 Å². The van der Waals surface area contributed by atoms with Crippen molar-refractivity contribution < 1.29 is 23.4 Å². The number of aromatic nitrogens is 2. The molecule has 7 nitrogen and oxygen atoms in total. The van der Waals surface area contributed by atoms with Gasteiger partial charge in [0.1, 0.15) is 12.4 Å². The summed E-state index contributed by atoms with van der Waals surface area (Å²) < 4.78 is 33.1. The second kappa shape index (κ2) is 7.91. The maximum atomic E-state index is 14.0. The minimum atomic E-state index is -0.990. The van der Waals surface area contributed by atoms with Crippen LogP contribution in [-0.2, 0) is 6.61 Å². The Hall–Kier alpha value is -2.68. The van der Waals surface area contributed by atoms with E-state index in [0.717, 1.165) is 12.3 Å². The van der Waals surface area contributed by atoms with Gasteiger partial charge in [-0.2, -0.15) is 9.37 Å². The van der Waals surface area contributed by atoms with Gasteiger partial charge in [0.25, 0.3) is 5.88 Å². The molecule has 1 aromatic heterocycles. The minimum Gasteiger partial charge on any atom is -0.470 e. The molecule has 10 heteroatoms. The van der Waals surface area contributed by atoms with Crippen molar-refractivity contribution in [3.05, 3.63) is 46.6 Å². The van der Waals surface area contributed by atoms with Crippen LogP contribution in [-0.4, -0.2) is 51.7 Å². The molecule has 0 spiro atoms. The maximum absolute atomic E-state index is 14.0.